The van der Waals surface area contributed by atoms with Gasteiger partial charge in [-0.15, -0.1) is 0 Å². The van der Waals surface area contributed by atoms with E-state index in [4.69, 9.17) is 4.74 Å². The zero-order valence-electron chi connectivity index (χ0n) is 14.8. The van der Waals surface area contributed by atoms with Crippen LogP contribution in [-0.2, 0) is 4.79 Å². The molecule has 4 rings (SSSR count). The number of likely N-dealkylation sites (tertiary alicyclic amines) is 1. The number of para-hydroxylation sites is 2. The average molecular weight is 347 g/mol. The number of aromatic nitrogens is 2. The number of carbonyl (C=O) groups excluding carboxylic acids is 1. The fourth-order valence-electron chi connectivity index (χ4n) is 3.25. The predicted molar refractivity (Wildman–Crippen MR) is 101 cm³/mol. The minimum atomic E-state index is -0.473. The third kappa shape index (κ3) is 3.38. The number of hydrogen-bond donors (Lipinski definition) is 0. The summed E-state index contributed by atoms with van der Waals surface area (Å²) in [6, 6.07) is 15.4. The highest BCUT2D eigenvalue weighted by atomic mass is 16.5. The van der Waals surface area contributed by atoms with Crippen molar-refractivity contribution in [3.8, 4) is 17.0 Å². The molecule has 2 heterocycles. The number of amides is 1. The molecule has 2 aromatic carbocycles. The molecule has 1 amide bonds. The number of ether oxygens (including phenoxy) is 1. The summed E-state index contributed by atoms with van der Waals surface area (Å²) in [6.07, 6.45) is 3.47. The molecule has 1 saturated heterocycles. The minimum Gasteiger partial charge on any atom is -0.481 e. The highest BCUT2D eigenvalue weighted by Crippen LogP contribution is 2.23. The lowest BCUT2D eigenvalue weighted by atomic mass is 10.1. The Labute approximate surface area is 152 Å². The van der Waals surface area contributed by atoms with Gasteiger partial charge in [0.1, 0.15) is 5.75 Å². The number of fused-ring (bicyclic) bond motifs is 1. The SMILES string of the molecule is C[C@@H](Oc1ccc(-c2cnc3ccccc3n2)cc1)C(=O)N1CCCC1. The number of benzene rings is 2. The first-order valence-corrected chi connectivity index (χ1v) is 8.98. The van der Waals surface area contributed by atoms with E-state index in [1.165, 1.54) is 0 Å². The third-order valence-corrected chi connectivity index (χ3v) is 4.68. The first-order valence-electron chi connectivity index (χ1n) is 8.98. The minimum absolute atomic E-state index is 0.0620. The van der Waals surface area contributed by atoms with Gasteiger partial charge < -0.3 is 9.64 Å². The molecule has 0 spiro atoms. The quantitative estimate of drug-likeness (QED) is 0.722. The molecule has 0 aliphatic carbocycles. The monoisotopic (exact) mass is 347 g/mol. The van der Waals surface area contributed by atoms with Gasteiger partial charge in [-0.05, 0) is 56.2 Å². The van der Waals surface area contributed by atoms with E-state index in [1.54, 1.807) is 6.20 Å². The van der Waals surface area contributed by atoms with E-state index in [9.17, 15) is 4.79 Å². The van der Waals surface area contributed by atoms with E-state index in [0.29, 0.717) is 5.75 Å². The van der Waals surface area contributed by atoms with E-state index in [0.717, 1.165) is 48.2 Å². The van der Waals surface area contributed by atoms with Gasteiger partial charge in [0.05, 0.1) is 22.9 Å². The molecule has 0 saturated carbocycles. The van der Waals surface area contributed by atoms with Crippen LogP contribution in [-0.4, -0.2) is 40.0 Å². The van der Waals surface area contributed by atoms with Crippen molar-refractivity contribution in [2.75, 3.05) is 13.1 Å². The smallest absolute Gasteiger partial charge is 0.263 e. The second kappa shape index (κ2) is 7.12. The zero-order valence-corrected chi connectivity index (χ0v) is 14.8. The molecule has 0 unspecified atom stereocenters. The molecule has 26 heavy (non-hydrogen) atoms. The van der Waals surface area contributed by atoms with E-state index < -0.39 is 6.10 Å². The molecule has 1 aliphatic heterocycles. The van der Waals surface area contributed by atoms with Crippen molar-refractivity contribution in [1.29, 1.82) is 0 Å². The van der Waals surface area contributed by atoms with Crippen LogP contribution in [0.1, 0.15) is 19.8 Å². The summed E-state index contributed by atoms with van der Waals surface area (Å²) < 4.78 is 5.82. The number of rotatable bonds is 4. The van der Waals surface area contributed by atoms with Gasteiger partial charge in [-0.3, -0.25) is 9.78 Å². The molecule has 5 heteroatoms. The van der Waals surface area contributed by atoms with E-state index in [-0.39, 0.29) is 5.91 Å². The summed E-state index contributed by atoms with van der Waals surface area (Å²) >= 11 is 0. The van der Waals surface area contributed by atoms with Crippen LogP contribution in [0.4, 0.5) is 0 Å². The first-order chi connectivity index (χ1) is 12.7. The first kappa shape index (κ1) is 16.5. The lowest BCUT2D eigenvalue weighted by molar-refractivity contribution is -0.136. The molecule has 1 atom stereocenters. The normalized spacial score (nSPS) is 15.2. The molecular formula is C21H21N3O2. The summed E-state index contributed by atoms with van der Waals surface area (Å²) in [5.41, 5.74) is 3.53. The van der Waals surface area contributed by atoms with Crippen molar-refractivity contribution >= 4 is 16.9 Å². The van der Waals surface area contributed by atoms with Crippen LogP contribution in [0.3, 0.4) is 0 Å². The van der Waals surface area contributed by atoms with Crippen LogP contribution >= 0.6 is 0 Å². The van der Waals surface area contributed by atoms with Crippen LogP contribution in [0.2, 0.25) is 0 Å². The van der Waals surface area contributed by atoms with Crippen LogP contribution in [0.5, 0.6) is 5.75 Å². The third-order valence-electron chi connectivity index (χ3n) is 4.68. The second-order valence-corrected chi connectivity index (χ2v) is 6.56. The Balaban J connectivity index is 1.48. The maximum Gasteiger partial charge on any atom is 0.263 e. The second-order valence-electron chi connectivity index (χ2n) is 6.56. The molecule has 0 radical (unpaired) electrons. The molecule has 5 nitrogen and oxygen atoms in total. The summed E-state index contributed by atoms with van der Waals surface area (Å²) in [5.74, 6) is 0.745. The summed E-state index contributed by atoms with van der Waals surface area (Å²) in [5, 5.41) is 0. The van der Waals surface area contributed by atoms with E-state index >= 15 is 0 Å². The molecular weight excluding hydrogens is 326 g/mol. The molecule has 1 fully saturated rings. The number of carbonyl (C=O) groups is 1. The van der Waals surface area contributed by atoms with Gasteiger partial charge >= 0.3 is 0 Å². The van der Waals surface area contributed by atoms with Gasteiger partial charge in [0, 0.05) is 18.7 Å². The highest BCUT2D eigenvalue weighted by Gasteiger charge is 2.24. The lowest BCUT2D eigenvalue weighted by Crippen LogP contribution is -2.38. The Morgan fingerprint density at radius 3 is 2.46 bits per heavy atom. The maximum atomic E-state index is 12.3. The van der Waals surface area contributed by atoms with E-state index in [2.05, 4.69) is 9.97 Å². The van der Waals surface area contributed by atoms with Crippen molar-refractivity contribution in [2.45, 2.75) is 25.9 Å². The van der Waals surface area contributed by atoms with E-state index in [1.807, 2.05) is 60.4 Å². The van der Waals surface area contributed by atoms with Crippen molar-refractivity contribution in [1.82, 2.24) is 14.9 Å². The van der Waals surface area contributed by atoms with Crippen LogP contribution in [0.25, 0.3) is 22.3 Å². The van der Waals surface area contributed by atoms with Crippen molar-refractivity contribution < 1.29 is 9.53 Å². The lowest BCUT2D eigenvalue weighted by Gasteiger charge is -2.21. The summed E-state index contributed by atoms with van der Waals surface area (Å²) in [7, 11) is 0. The maximum absolute atomic E-state index is 12.3. The largest absolute Gasteiger partial charge is 0.481 e. The highest BCUT2D eigenvalue weighted by molar-refractivity contribution is 5.81. The number of nitrogens with zero attached hydrogens (tertiary/aromatic N) is 3. The van der Waals surface area contributed by atoms with Crippen LogP contribution in [0.15, 0.2) is 54.7 Å². The molecule has 132 valence electrons. The Morgan fingerprint density at radius 1 is 1.04 bits per heavy atom. The molecule has 3 aromatic rings. The molecule has 1 aromatic heterocycles. The van der Waals surface area contributed by atoms with Crippen molar-refractivity contribution in [3.63, 3.8) is 0 Å². The number of hydrogen-bond acceptors (Lipinski definition) is 4. The zero-order chi connectivity index (χ0) is 17.9. The molecule has 0 N–H and O–H groups in total. The average Bonchev–Trinajstić information content (AvgIpc) is 3.22. The van der Waals surface area contributed by atoms with Crippen molar-refractivity contribution in [3.05, 3.63) is 54.7 Å². The Kier molecular flexibility index (Phi) is 4.52. The standard InChI is InChI=1S/C21H21N3O2/c1-15(21(25)24-12-4-5-13-24)26-17-10-8-16(9-11-17)20-14-22-18-6-2-3-7-19(18)23-20/h2-3,6-11,14-15H,4-5,12-13H2,1H3/t15-/m1/s1. The summed E-state index contributed by atoms with van der Waals surface area (Å²) in [6.45, 7) is 3.49. The Hall–Kier alpha value is -2.95. The topological polar surface area (TPSA) is 55.3 Å². The van der Waals surface area contributed by atoms with Gasteiger partial charge in [-0.2, -0.15) is 0 Å². The van der Waals surface area contributed by atoms with Crippen LogP contribution < -0.4 is 4.74 Å². The Bertz CT molecular complexity index is 918. The fraction of sp³-hybridized carbons (Fsp3) is 0.286. The van der Waals surface area contributed by atoms with Gasteiger partial charge in [0.15, 0.2) is 6.10 Å². The van der Waals surface area contributed by atoms with Gasteiger partial charge in [0.2, 0.25) is 0 Å². The van der Waals surface area contributed by atoms with Gasteiger partial charge in [-0.25, -0.2) is 4.98 Å². The van der Waals surface area contributed by atoms with Crippen LogP contribution in [0, 0.1) is 0 Å². The Morgan fingerprint density at radius 2 is 1.73 bits per heavy atom. The van der Waals surface area contributed by atoms with Crippen molar-refractivity contribution in [2.24, 2.45) is 0 Å². The fourth-order valence-corrected chi connectivity index (χ4v) is 3.25. The van der Waals surface area contributed by atoms with Gasteiger partial charge in [-0.1, -0.05) is 12.1 Å². The predicted octanol–water partition coefficient (Wildman–Crippen LogP) is 3.69. The summed E-state index contributed by atoms with van der Waals surface area (Å²) in [4.78, 5) is 23.3. The van der Waals surface area contributed by atoms with Gasteiger partial charge in [0.25, 0.3) is 5.91 Å². The molecule has 1 aliphatic rings. The molecule has 0 bridgehead atoms.